The van der Waals surface area contributed by atoms with Crippen LogP contribution in [-0.4, -0.2) is 23.2 Å². The Hall–Kier alpha value is -0.610. The summed E-state index contributed by atoms with van der Waals surface area (Å²) in [6.07, 6.45) is 1.18. The lowest BCUT2D eigenvalue weighted by atomic mass is 10.3. The second-order valence-corrected chi connectivity index (χ2v) is 2.52. The third kappa shape index (κ3) is 1.46. The van der Waals surface area contributed by atoms with E-state index < -0.39 is 5.60 Å². The van der Waals surface area contributed by atoms with E-state index in [0.29, 0.717) is 19.4 Å². The summed E-state index contributed by atoms with van der Waals surface area (Å²) in [5.74, 6) is -0.311. The molecule has 3 N–H and O–H groups in total. The van der Waals surface area contributed by atoms with Crippen LogP contribution in [0.1, 0.15) is 19.8 Å². The molecular weight excluding hydrogens is 132 g/mol. The van der Waals surface area contributed by atoms with Gasteiger partial charge in [0.1, 0.15) is 5.60 Å². The van der Waals surface area contributed by atoms with E-state index in [9.17, 15) is 9.90 Å². The van der Waals surface area contributed by atoms with Crippen molar-refractivity contribution < 1.29 is 9.90 Å². The first-order valence-corrected chi connectivity index (χ1v) is 3.45. The molecule has 0 unspecified atom stereocenters. The molecule has 1 rings (SSSR count). The van der Waals surface area contributed by atoms with Gasteiger partial charge in [-0.2, -0.15) is 0 Å². The average molecular weight is 144 g/mol. The molecule has 1 saturated carbocycles. The van der Waals surface area contributed by atoms with Gasteiger partial charge >= 0.3 is 0 Å². The van der Waals surface area contributed by atoms with Crippen molar-refractivity contribution in [1.29, 1.82) is 0 Å². The van der Waals surface area contributed by atoms with Crippen molar-refractivity contribution in [1.82, 2.24) is 10.9 Å². The highest BCUT2D eigenvalue weighted by atomic mass is 16.3. The Morgan fingerprint density at radius 3 is 2.70 bits per heavy atom. The first kappa shape index (κ1) is 7.50. The molecule has 1 fully saturated rings. The molecule has 58 valence electrons. The number of hydrazine groups is 1. The Bertz CT molecular complexity index is 143. The molecule has 0 bridgehead atoms. The fourth-order valence-corrected chi connectivity index (χ4v) is 0.630. The summed E-state index contributed by atoms with van der Waals surface area (Å²) in [6, 6.07) is 0. The minimum atomic E-state index is -1.05. The lowest BCUT2D eigenvalue weighted by molar-refractivity contribution is -0.132. The quantitative estimate of drug-likeness (QED) is 0.452. The minimum Gasteiger partial charge on any atom is -0.380 e. The summed E-state index contributed by atoms with van der Waals surface area (Å²) >= 11 is 0. The predicted molar refractivity (Wildman–Crippen MR) is 36.0 cm³/mol. The van der Waals surface area contributed by atoms with E-state index in [1.807, 2.05) is 6.92 Å². The highest BCUT2D eigenvalue weighted by Gasteiger charge is 2.47. The van der Waals surface area contributed by atoms with Gasteiger partial charge in [0.05, 0.1) is 0 Å². The summed E-state index contributed by atoms with van der Waals surface area (Å²) < 4.78 is 0. The van der Waals surface area contributed by atoms with Gasteiger partial charge in [-0.15, -0.1) is 0 Å². The fraction of sp³-hybridized carbons (Fsp3) is 0.833. The second-order valence-electron chi connectivity index (χ2n) is 2.52. The zero-order chi connectivity index (χ0) is 7.61. The Labute approximate surface area is 59.6 Å². The average Bonchev–Trinajstić information content (AvgIpc) is 2.64. The summed E-state index contributed by atoms with van der Waals surface area (Å²) in [5.41, 5.74) is 3.98. The number of hydrogen-bond acceptors (Lipinski definition) is 3. The van der Waals surface area contributed by atoms with E-state index in [4.69, 9.17) is 0 Å². The maximum absolute atomic E-state index is 10.9. The number of aliphatic hydroxyl groups is 1. The predicted octanol–water partition coefficient (Wildman–Crippen LogP) is -0.848. The topological polar surface area (TPSA) is 61.4 Å². The van der Waals surface area contributed by atoms with Crippen LogP contribution in [0.15, 0.2) is 0 Å². The monoisotopic (exact) mass is 144 g/mol. The van der Waals surface area contributed by atoms with Gasteiger partial charge in [-0.05, 0) is 12.8 Å². The number of carbonyl (C=O) groups excluding carboxylic acids is 1. The van der Waals surface area contributed by atoms with Crippen molar-refractivity contribution in [3.8, 4) is 0 Å². The molecule has 0 aromatic rings. The molecule has 0 aliphatic heterocycles. The highest BCUT2D eigenvalue weighted by molar-refractivity contribution is 5.87. The van der Waals surface area contributed by atoms with Gasteiger partial charge in [0.2, 0.25) is 0 Å². The van der Waals surface area contributed by atoms with Crippen molar-refractivity contribution in [3.63, 3.8) is 0 Å². The maximum Gasteiger partial charge on any atom is 0.266 e. The van der Waals surface area contributed by atoms with Crippen LogP contribution in [0.25, 0.3) is 0 Å². The van der Waals surface area contributed by atoms with Crippen molar-refractivity contribution in [2.45, 2.75) is 25.4 Å². The SMILES string of the molecule is CCNNC(=O)C1(O)CC1. The van der Waals surface area contributed by atoms with E-state index in [1.165, 1.54) is 0 Å². The van der Waals surface area contributed by atoms with Crippen molar-refractivity contribution in [3.05, 3.63) is 0 Å². The van der Waals surface area contributed by atoms with E-state index in [-0.39, 0.29) is 5.91 Å². The molecule has 0 radical (unpaired) electrons. The zero-order valence-corrected chi connectivity index (χ0v) is 5.98. The number of carbonyl (C=O) groups is 1. The van der Waals surface area contributed by atoms with Crippen LogP contribution in [0.4, 0.5) is 0 Å². The number of nitrogens with one attached hydrogen (secondary N) is 2. The zero-order valence-electron chi connectivity index (χ0n) is 5.98. The molecule has 1 amide bonds. The van der Waals surface area contributed by atoms with Crippen LogP contribution in [0.5, 0.6) is 0 Å². The van der Waals surface area contributed by atoms with Gasteiger partial charge in [0, 0.05) is 6.54 Å². The van der Waals surface area contributed by atoms with E-state index >= 15 is 0 Å². The van der Waals surface area contributed by atoms with E-state index in [0.717, 1.165) is 0 Å². The first-order chi connectivity index (χ1) is 4.69. The largest absolute Gasteiger partial charge is 0.380 e. The Morgan fingerprint density at radius 1 is 1.70 bits per heavy atom. The summed E-state index contributed by atoms with van der Waals surface area (Å²) in [5, 5.41) is 9.17. The van der Waals surface area contributed by atoms with Gasteiger partial charge in [-0.1, -0.05) is 6.92 Å². The molecule has 10 heavy (non-hydrogen) atoms. The lowest BCUT2D eigenvalue weighted by Crippen LogP contribution is -2.44. The maximum atomic E-state index is 10.9. The minimum absolute atomic E-state index is 0.311. The fourth-order valence-electron chi connectivity index (χ4n) is 0.630. The van der Waals surface area contributed by atoms with Gasteiger partial charge in [-0.25, -0.2) is 5.43 Å². The molecule has 4 nitrogen and oxygen atoms in total. The summed E-state index contributed by atoms with van der Waals surface area (Å²) in [6.45, 7) is 2.54. The summed E-state index contributed by atoms with van der Waals surface area (Å²) in [4.78, 5) is 10.9. The molecule has 0 saturated heterocycles. The van der Waals surface area contributed by atoms with Crippen molar-refractivity contribution in [2.24, 2.45) is 0 Å². The van der Waals surface area contributed by atoms with Crippen LogP contribution in [0.3, 0.4) is 0 Å². The van der Waals surface area contributed by atoms with Gasteiger partial charge in [0.25, 0.3) is 5.91 Å². The summed E-state index contributed by atoms with van der Waals surface area (Å²) in [7, 11) is 0. The van der Waals surface area contributed by atoms with Gasteiger partial charge in [-0.3, -0.25) is 10.2 Å². The van der Waals surface area contributed by atoms with Crippen LogP contribution in [0.2, 0.25) is 0 Å². The molecule has 0 spiro atoms. The first-order valence-electron chi connectivity index (χ1n) is 3.45. The van der Waals surface area contributed by atoms with E-state index in [2.05, 4.69) is 10.9 Å². The van der Waals surface area contributed by atoms with Crippen LogP contribution in [0, 0.1) is 0 Å². The van der Waals surface area contributed by atoms with Crippen molar-refractivity contribution in [2.75, 3.05) is 6.54 Å². The Balaban J connectivity index is 2.22. The second kappa shape index (κ2) is 2.56. The van der Waals surface area contributed by atoms with Gasteiger partial charge < -0.3 is 5.11 Å². The molecule has 0 heterocycles. The lowest BCUT2D eigenvalue weighted by Gasteiger charge is -2.07. The third-order valence-corrected chi connectivity index (χ3v) is 1.52. The number of rotatable bonds is 3. The normalized spacial score (nSPS) is 20.2. The molecular formula is C6H12N2O2. The van der Waals surface area contributed by atoms with E-state index in [1.54, 1.807) is 0 Å². The molecule has 1 aliphatic rings. The van der Waals surface area contributed by atoms with Crippen LogP contribution >= 0.6 is 0 Å². The molecule has 0 atom stereocenters. The Kier molecular flexibility index (Phi) is 1.92. The smallest absolute Gasteiger partial charge is 0.266 e. The van der Waals surface area contributed by atoms with Crippen molar-refractivity contribution >= 4 is 5.91 Å². The number of amides is 1. The Morgan fingerprint density at radius 2 is 2.30 bits per heavy atom. The standard InChI is InChI=1S/C6H12N2O2/c1-2-7-8-5(9)6(10)3-4-6/h7,10H,2-4H2,1H3,(H,8,9). The third-order valence-electron chi connectivity index (χ3n) is 1.52. The van der Waals surface area contributed by atoms with Crippen LogP contribution in [-0.2, 0) is 4.79 Å². The van der Waals surface area contributed by atoms with Crippen LogP contribution < -0.4 is 10.9 Å². The molecule has 1 aliphatic carbocycles. The van der Waals surface area contributed by atoms with Gasteiger partial charge in [0.15, 0.2) is 0 Å². The molecule has 0 aromatic carbocycles. The number of hydrogen-bond donors (Lipinski definition) is 3. The highest BCUT2D eigenvalue weighted by Crippen LogP contribution is 2.34. The molecule has 0 aromatic heterocycles. The molecule has 4 heteroatoms.